The molecule has 0 unspecified atom stereocenters. The molecule has 0 bridgehead atoms. The quantitative estimate of drug-likeness (QED) is 0.215. The van der Waals surface area contributed by atoms with E-state index < -0.39 is 27.3 Å². The first-order valence-corrected chi connectivity index (χ1v) is 14.5. The van der Waals surface area contributed by atoms with Crippen LogP contribution in [0.2, 0.25) is 0 Å². The highest BCUT2D eigenvalue weighted by atomic mass is 32.2. The Morgan fingerprint density at radius 3 is 2.57 bits per heavy atom. The number of nitrogens with zero attached hydrogens (tertiary/aromatic N) is 5. The number of aldehydes is 1. The first-order valence-electron chi connectivity index (χ1n) is 12.9. The van der Waals surface area contributed by atoms with Gasteiger partial charge in [0, 0.05) is 43.3 Å². The molecule has 0 amide bonds. The van der Waals surface area contributed by atoms with E-state index in [2.05, 4.69) is 14.7 Å². The van der Waals surface area contributed by atoms with Crippen LogP contribution in [0.15, 0.2) is 67.4 Å². The third-order valence-corrected chi connectivity index (χ3v) is 8.06. The van der Waals surface area contributed by atoms with Crippen LogP contribution in [0, 0.1) is 11.6 Å². The fourth-order valence-electron chi connectivity index (χ4n) is 4.62. The summed E-state index contributed by atoms with van der Waals surface area (Å²) in [5.74, 6) is -1.81. The van der Waals surface area contributed by atoms with Crippen LogP contribution in [0.4, 0.5) is 20.3 Å². The number of benzene rings is 2. The van der Waals surface area contributed by atoms with Gasteiger partial charge in [0.15, 0.2) is 12.1 Å². The first kappa shape index (κ1) is 28.6. The van der Waals surface area contributed by atoms with Crippen molar-refractivity contribution < 1.29 is 27.1 Å². The lowest BCUT2D eigenvalue weighted by Crippen LogP contribution is -2.18. The molecule has 0 aliphatic rings. The second kappa shape index (κ2) is 11.5. The summed E-state index contributed by atoms with van der Waals surface area (Å²) in [5.41, 5.74) is 1.84. The Hall–Kier alpha value is -4.91. The van der Waals surface area contributed by atoms with Crippen LogP contribution in [0.1, 0.15) is 29.3 Å². The predicted octanol–water partition coefficient (Wildman–Crippen LogP) is 5.07. The molecule has 5 aromatic rings. The summed E-state index contributed by atoms with van der Waals surface area (Å²) in [5, 5.41) is 9.82. The van der Waals surface area contributed by atoms with E-state index in [1.807, 2.05) is 4.90 Å². The standard InChI is InChI=1S/C29H26F2N6O4S/c1-3-10-42(40,41)35-23-6-5-22(30)29(27(23)31)37-15-21(20-12-32-17-33-13-20)28-24(37)7-9-26(34-28)36(2)14-18-4-8-25(39)19(11-18)16-38/h4-9,11-13,15-17,35,39H,3,10,14H2,1-2H3. The second-order valence-corrected chi connectivity index (χ2v) is 11.5. The molecule has 0 radical (unpaired) electrons. The number of hydrogen-bond donors (Lipinski definition) is 2. The van der Waals surface area contributed by atoms with Gasteiger partial charge in [-0.2, -0.15) is 0 Å². The number of rotatable bonds is 10. The Morgan fingerprint density at radius 1 is 1.10 bits per heavy atom. The molecule has 0 aliphatic heterocycles. The number of anilines is 2. The second-order valence-electron chi connectivity index (χ2n) is 9.62. The molecule has 0 fully saturated rings. The van der Waals surface area contributed by atoms with Crippen molar-refractivity contribution in [3.63, 3.8) is 0 Å². The Balaban J connectivity index is 1.63. The summed E-state index contributed by atoms with van der Waals surface area (Å²) in [4.78, 5) is 26.0. The zero-order valence-corrected chi connectivity index (χ0v) is 23.4. The third kappa shape index (κ3) is 5.63. The van der Waals surface area contributed by atoms with Crippen LogP contribution in [0.25, 0.3) is 27.8 Å². The van der Waals surface area contributed by atoms with Crippen molar-refractivity contribution >= 4 is 38.8 Å². The van der Waals surface area contributed by atoms with Gasteiger partial charge in [-0.1, -0.05) is 13.0 Å². The van der Waals surface area contributed by atoms with Crippen LogP contribution >= 0.6 is 0 Å². The molecule has 3 aromatic heterocycles. The van der Waals surface area contributed by atoms with Gasteiger partial charge in [0.2, 0.25) is 10.0 Å². The van der Waals surface area contributed by atoms with Gasteiger partial charge < -0.3 is 14.6 Å². The van der Waals surface area contributed by atoms with Gasteiger partial charge in [-0.25, -0.2) is 32.2 Å². The molecule has 2 N–H and O–H groups in total. The van der Waals surface area contributed by atoms with E-state index in [1.54, 1.807) is 50.6 Å². The van der Waals surface area contributed by atoms with E-state index in [0.717, 1.165) is 17.7 Å². The third-order valence-electron chi connectivity index (χ3n) is 6.58. The van der Waals surface area contributed by atoms with Gasteiger partial charge in [0.1, 0.15) is 29.4 Å². The van der Waals surface area contributed by atoms with Crippen LogP contribution in [-0.2, 0) is 16.6 Å². The number of carbonyl (C=O) groups is 1. The number of aromatic nitrogens is 4. The van der Waals surface area contributed by atoms with E-state index in [4.69, 9.17) is 4.98 Å². The number of sulfonamides is 1. The molecule has 216 valence electrons. The smallest absolute Gasteiger partial charge is 0.232 e. The Labute approximate surface area is 240 Å². The van der Waals surface area contributed by atoms with Crippen LogP contribution in [0.5, 0.6) is 5.75 Å². The average Bonchev–Trinajstić information content (AvgIpc) is 3.34. The number of aromatic hydroxyl groups is 1. The summed E-state index contributed by atoms with van der Waals surface area (Å²) in [6.45, 7) is 2.02. The van der Waals surface area contributed by atoms with Crippen molar-refractivity contribution in [2.75, 3.05) is 22.4 Å². The van der Waals surface area contributed by atoms with E-state index in [0.29, 0.717) is 47.2 Å². The van der Waals surface area contributed by atoms with Gasteiger partial charge in [0.25, 0.3) is 0 Å². The Bertz CT molecular complexity index is 1900. The summed E-state index contributed by atoms with van der Waals surface area (Å²) < 4.78 is 59.2. The molecule has 0 saturated heterocycles. The minimum absolute atomic E-state index is 0.117. The molecule has 2 aromatic carbocycles. The van der Waals surface area contributed by atoms with Gasteiger partial charge in [0.05, 0.1) is 28.0 Å². The van der Waals surface area contributed by atoms with Crippen molar-refractivity contribution in [1.29, 1.82) is 0 Å². The first-order chi connectivity index (χ1) is 20.1. The SMILES string of the molecule is CCCS(=O)(=O)Nc1ccc(F)c(-n2cc(-c3cncnc3)c3nc(N(C)Cc4ccc(O)c(C=O)c4)ccc32)c1F. The number of hydrogen-bond acceptors (Lipinski definition) is 8. The number of pyridine rings is 1. The Kier molecular flexibility index (Phi) is 7.85. The normalized spacial score (nSPS) is 11.5. The maximum Gasteiger partial charge on any atom is 0.232 e. The molecule has 10 nitrogen and oxygen atoms in total. The van der Waals surface area contributed by atoms with Crippen molar-refractivity contribution in [3.8, 4) is 22.6 Å². The lowest BCUT2D eigenvalue weighted by atomic mass is 10.1. The molecule has 42 heavy (non-hydrogen) atoms. The van der Waals surface area contributed by atoms with Gasteiger partial charge >= 0.3 is 0 Å². The van der Waals surface area contributed by atoms with E-state index in [-0.39, 0.29) is 22.8 Å². The van der Waals surface area contributed by atoms with Crippen molar-refractivity contribution in [3.05, 3.63) is 90.1 Å². The molecule has 0 atom stereocenters. The summed E-state index contributed by atoms with van der Waals surface area (Å²) >= 11 is 0. The maximum atomic E-state index is 15.8. The fraction of sp³-hybridized carbons (Fsp3) is 0.172. The van der Waals surface area contributed by atoms with Crippen molar-refractivity contribution in [2.45, 2.75) is 19.9 Å². The molecule has 3 heterocycles. The summed E-state index contributed by atoms with van der Waals surface area (Å²) in [6.07, 6.45) is 6.84. The monoisotopic (exact) mass is 592 g/mol. The van der Waals surface area contributed by atoms with Crippen LogP contribution in [0.3, 0.4) is 0 Å². The highest BCUT2D eigenvalue weighted by Crippen LogP contribution is 2.35. The van der Waals surface area contributed by atoms with Gasteiger partial charge in [-0.05, 0) is 48.4 Å². The highest BCUT2D eigenvalue weighted by Gasteiger charge is 2.23. The lowest BCUT2D eigenvalue weighted by molar-refractivity contribution is 0.112. The number of phenolic OH excluding ortho intramolecular Hbond substituents is 1. The van der Waals surface area contributed by atoms with E-state index >= 15 is 8.78 Å². The topological polar surface area (TPSA) is 130 Å². The molecule has 0 saturated carbocycles. The lowest BCUT2D eigenvalue weighted by Gasteiger charge is -2.19. The van der Waals surface area contributed by atoms with E-state index in [1.165, 1.54) is 23.2 Å². The van der Waals surface area contributed by atoms with Gasteiger partial charge in [-0.3, -0.25) is 9.52 Å². The minimum Gasteiger partial charge on any atom is -0.507 e. The summed E-state index contributed by atoms with van der Waals surface area (Å²) in [6, 6.07) is 10.1. The maximum absolute atomic E-state index is 15.8. The Morgan fingerprint density at radius 2 is 1.86 bits per heavy atom. The number of nitrogens with one attached hydrogen (secondary N) is 1. The summed E-state index contributed by atoms with van der Waals surface area (Å²) in [7, 11) is -2.05. The van der Waals surface area contributed by atoms with Crippen LogP contribution < -0.4 is 9.62 Å². The average molecular weight is 593 g/mol. The minimum atomic E-state index is -3.84. The largest absolute Gasteiger partial charge is 0.507 e. The molecular formula is C29H26F2N6O4S. The van der Waals surface area contributed by atoms with Crippen LogP contribution in [-0.4, -0.2) is 52.1 Å². The number of halogens is 2. The molecule has 0 spiro atoms. The van der Waals surface area contributed by atoms with Crippen molar-refractivity contribution in [2.24, 2.45) is 0 Å². The predicted molar refractivity (Wildman–Crippen MR) is 155 cm³/mol. The number of carbonyl (C=O) groups excluding carboxylic acids is 1. The zero-order valence-electron chi connectivity index (χ0n) is 22.6. The van der Waals surface area contributed by atoms with Gasteiger partial charge in [-0.15, -0.1) is 0 Å². The number of fused-ring (bicyclic) bond motifs is 1. The zero-order chi connectivity index (χ0) is 30.0. The molecule has 0 aliphatic carbocycles. The number of phenols is 1. The molecular weight excluding hydrogens is 566 g/mol. The fourth-order valence-corrected chi connectivity index (χ4v) is 5.75. The molecule has 13 heteroatoms. The van der Waals surface area contributed by atoms with E-state index in [9.17, 15) is 18.3 Å². The molecule has 5 rings (SSSR count). The van der Waals surface area contributed by atoms with Crippen molar-refractivity contribution in [1.82, 2.24) is 19.5 Å². The highest BCUT2D eigenvalue weighted by molar-refractivity contribution is 7.92.